The Morgan fingerprint density at radius 2 is 1.46 bits per heavy atom. The second-order valence-electron chi connectivity index (χ2n) is 18.7. The number of ether oxygens (including phenoxy) is 6. The first-order chi connectivity index (χ1) is 25.6. The lowest BCUT2D eigenvalue weighted by Crippen LogP contribution is -2.65. The number of ketones is 1. The number of aliphatic hydroxyl groups is 8. The smallest absolute Gasteiger partial charge is 0.187 e. The molecule has 15 heteroatoms. The lowest BCUT2D eigenvalue weighted by molar-refractivity contribution is -0.364. The van der Waals surface area contributed by atoms with Crippen LogP contribution in [0, 0.1) is 52.3 Å². The zero-order valence-corrected chi connectivity index (χ0v) is 31.8. The van der Waals surface area contributed by atoms with E-state index < -0.39 is 91.9 Å². The topological polar surface area (TPSA) is 234 Å². The van der Waals surface area contributed by atoms with E-state index in [2.05, 4.69) is 27.7 Å². The van der Waals surface area contributed by atoms with Crippen molar-refractivity contribution in [3.8, 4) is 0 Å². The third kappa shape index (κ3) is 5.93. The molecule has 0 amide bonds. The van der Waals surface area contributed by atoms with E-state index in [-0.39, 0.29) is 58.9 Å². The van der Waals surface area contributed by atoms with Crippen LogP contribution in [0.25, 0.3) is 0 Å². The van der Waals surface area contributed by atoms with Gasteiger partial charge in [0.2, 0.25) is 0 Å². The van der Waals surface area contributed by atoms with Gasteiger partial charge in [-0.15, -0.1) is 0 Å². The highest BCUT2D eigenvalue weighted by molar-refractivity contribution is 5.88. The molecule has 4 aliphatic carbocycles. The van der Waals surface area contributed by atoms with Crippen LogP contribution in [-0.2, 0) is 33.2 Å². The van der Waals surface area contributed by atoms with Gasteiger partial charge in [-0.2, -0.15) is 0 Å². The molecule has 4 saturated carbocycles. The number of hydrogen-bond donors (Lipinski definition) is 8. The first-order valence-electron chi connectivity index (χ1n) is 20.4. The number of rotatable bonds is 6. The summed E-state index contributed by atoms with van der Waals surface area (Å²) in [4.78, 5) is 14.6. The standard InChI is InChI=1S/C39H62O15/c1-16-7-10-39(49-15-16)17(2)25-22(54-39)12-21-20-6-5-18-11-19(8-9-37(18,3)26(20)28(43)34(48)38(21,25)4)50-35-32(47)30(45)33(24(14-41)52-35)53-36-31(46)29(44)27(42)23(13-40)51-36/h16-27,29-36,40-42,44-48H,5-15H2,1-4H3/t16-,17+,18+,19+,20+,21+,22+,23+,24+,25+,26+,27+,29-,30+,31+,32+,33+,34-,35+,36+,37+,38+,39-/m1/s1. The Hall–Kier alpha value is -0.890. The average molecular weight is 771 g/mol. The molecule has 23 atom stereocenters. The van der Waals surface area contributed by atoms with Crippen molar-refractivity contribution in [3.63, 3.8) is 0 Å². The van der Waals surface area contributed by atoms with E-state index in [1.54, 1.807) is 0 Å². The van der Waals surface area contributed by atoms with Gasteiger partial charge in [-0.1, -0.05) is 27.7 Å². The molecular weight excluding hydrogens is 708 g/mol. The molecule has 0 aromatic carbocycles. The number of aliphatic hydroxyl groups excluding tert-OH is 8. The summed E-state index contributed by atoms with van der Waals surface area (Å²) in [7, 11) is 0. The maximum Gasteiger partial charge on any atom is 0.187 e. The van der Waals surface area contributed by atoms with Gasteiger partial charge < -0.3 is 69.3 Å². The molecule has 1 spiro atoms. The maximum absolute atomic E-state index is 14.6. The van der Waals surface area contributed by atoms with Crippen molar-refractivity contribution in [1.82, 2.24) is 0 Å². The molecule has 4 saturated heterocycles. The molecular formula is C39H62O15. The van der Waals surface area contributed by atoms with Crippen molar-refractivity contribution < 1.29 is 74.1 Å². The highest BCUT2D eigenvalue weighted by Gasteiger charge is 2.73. The van der Waals surface area contributed by atoms with Gasteiger partial charge >= 0.3 is 0 Å². The summed E-state index contributed by atoms with van der Waals surface area (Å²) in [5, 5.41) is 84.8. The van der Waals surface area contributed by atoms with Crippen LogP contribution in [0.4, 0.5) is 0 Å². The van der Waals surface area contributed by atoms with Crippen molar-refractivity contribution in [1.29, 1.82) is 0 Å². The number of Topliss-reactive ketones (excluding diaryl/α,β-unsaturated/α-hetero) is 1. The molecule has 308 valence electrons. The monoisotopic (exact) mass is 770 g/mol. The summed E-state index contributed by atoms with van der Waals surface area (Å²) in [6.45, 7) is 8.04. The molecule has 0 aromatic heterocycles. The molecule has 0 aromatic rings. The first-order valence-corrected chi connectivity index (χ1v) is 20.4. The molecule has 4 heterocycles. The summed E-state index contributed by atoms with van der Waals surface area (Å²) in [6.07, 6.45) is -10.5. The Morgan fingerprint density at radius 3 is 2.15 bits per heavy atom. The van der Waals surface area contributed by atoms with Crippen LogP contribution in [0.1, 0.15) is 79.1 Å². The molecule has 0 unspecified atom stereocenters. The Balaban J connectivity index is 0.926. The third-order valence-corrected chi connectivity index (χ3v) is 16.0. The zero-order valence-electron chi connectivity index (χ0n) is 31.8. The van der Waals surface area contributed by atoms with Gasteiger partial charge in [0.1, 0.15) is 54.9 Å². The largest absolute Gasteiger partial charge is 0.394 e. The van der Waals surface area contributed by atoms with E-state index >= 15 is 0 Å². The summed E-state index contributed by atoms with van der Waals surface area (Å²) in [5.74, 6) is -0.0000467. The second kappa shape index (κ2) is 14.4. The van der Waals surface area contributed by atoms with E-state index in [0.29, 0.717) is 31.8 Å². The van der Waals surface area contributed by atoms with E-state index in [0.717, 1.165) is 32.1 Å². The average Bonchev–Trinajstić information content (AvgIpc) is 3.60. The van der Waals surface area contributed by atoms with Crippen LogP contribution in [0.2, 0.25) is 0 Å². The molecule has 15 nitrogen and oxygen atoms in total. The van der Waals surface area contributed by atoms with Crippen molar-refractivity contribution in [2.75, 3.05) is 19.8 Å². The zero-order chi connectivity index (χ0) is 38.6. The molecule has 8 N–H and O–H groups in total. The van der Waals surface area contributed by atoms with E-state index in [1.165, 1.54) is 0 Å². The highest BCUT2D eigenvalue weighted by Crippen LogP contribution is 2.70. The Morgan fingerprint density at radius 1 is 0.778 bits per heavy atom. The van der Waals surface area contributed by atoms with E-state index in [1.807, 2.05) is 0 Å². The van der Waals surface area contributed by atoms with Crippen LogP contribution in [0.5, 0.6) is 0 Å². The predicted molar refractivity (Wildman–Crippen MR) is 185 cm³/mol. The first kappa shape index (κ1) is 39.9. The molecule has 8 fully saturated rings. The van der Waals surface area contributed by atoms with Gasteiger partial charge in [-0.3, -0.25) is 4.79 Å². The lowest BCUT2D eigenvalue weighted by atomic mass is 9.43. The maximum atomic E-state index is 14.6. The normalized spacial score (nSPS) is 58.7. The SMILES string of the molecule is C[C@@H]1CC[C@@]2(OC1)O[C@H]1C[C@H]3[C@@H]4CC[C@H]5C[C@@H](O[C@H]6O[C@@H](CO)[C@H](O[C@@H]7O[C@@H](CO)[C@H](O)[C@@H](O)[C@@H]7O)[C@@H](O)[C@@H]6O)CC[C@]5(C)[C@@H]4C(=O)[C@@H](O)[C@]3(C)[C@H]1[C@@H]2C. The van der Waals surface area contributed by atoms with Gasteiger partial charge in [0, 0.05) is 29.6 Å². The van der Waals surface area contributed by atoms with Crippen LogP contribution < -0.4 is 0 Å². The van der Waals surface area contributed by atoms with Gasteiger partial charge in [-0.05, 0) is 74.0 Å². The van der Waals surface area contributed by atoms with Gasteiger partial charge in [-0.25, -0.2) is 0 Å². The van der Waals surface area contributed by atoms with Crippen LogP contribution in [0.15, 0.2) is 0 Å². The fourth-order valence-corrected chi connectivity index (χ4v) is 13.0. The summed E-state index contributed by atoms with van der Waals surface area (Å²) < 4.78 is 36.6. The van der Waals surface area contributed by atoms with Crippen molar-refractivity contribution in [2.45, 2.75) is 165 Å². The molecule has 0 bridgehead atoms. The summed E-state index contributed by atoms with van der Waals surface area (Å²) in [6, 6.07) is 0. The van der Waals surface area contributed by atoms with Crippen molar-refractivity contribution in [3.05, 3.63) is 0 Å². The van der Waals surface area contributed by atoms with Gasteiger partial charge in [0.15, 0.2) is 24.2 Å². The summed E-state index contributed by atoms with van der Waals surface area (Å²) in [5.41, 5.74) is -0.954. The van der Waals surface area contributed by atoms with E-state index in [9.17, 15) is 45.6 Å². The van der Waals surface area contributed by atoms with Crippen molar-refractivity contribution in [2.24, 2.45) is 52.3 Å². The lowest BCUT2D eigenvalue weighted by Gasteiger charge is -2.61. The number of hydrogen-bond acceptors (Lipinski definition) is 15. The molecule has 0 radical (unpaired) electrons. The van der Waals surface area contributed by atoms with Gasteiger partial charge in [0.05, 0.1) is 32.0 Å². The Kier molecular flexibility index (Phi) is 10.7. The van der Waals surface area contributed by atoms with Crippen LogP contribution in [-0.4, -0.2) is 152 Å². The number of carbonyl (C=O) groups excluding carboxylic acids is 1. The second-order valence-corrected chi connectivity index (χ2v) is 18.7. The molecule has 8 aliphatic rings. The van der Waals surface area contributed by atoms with Gasteiger partial charge in [0.25, 0.3) is 0 Å². The number of fused-ring (bicyclic) bond motifs is 7. The predicted octanol–water partition coefficient (Wildman–Crippen LogP) is -0.408. The fraction of sp³-hybridized carbons (Fsp3) is 0.974. The molecule has 4 aliphatic heterocycles. The van der Waals surface area contributed by atoms with Crippen LogP contribution >= 0.6 is 0 Å². The fourth-order valence-electron chi connectivity index (χ4n) is 13.0. The minimum Gasteiger partial charge on any atom is -0.394 e. The van der Waals surface area contributed by atoms with Crippen molar-refractivity contribution >= 4 is 5.78 Å². The Bertz CT molecular complexity index is 1370. The van der Waals surface area contributed by atoms with Crippen LogP contribution in [0.3, 0.4) is 0 Å². The number of carbonyl (C=O) groups is 1. The molecule has 8 rings (SSSR count). The summed E-state index contributed by atoms with van der Waals surface area (Å²) >= 11 is 0. The molecule has 54 heavy (non-hydrogen) atoms. The highest BCUT2D eigenvalue weighted by atomic mass is 16.7. The minimum atomic E-state index is -1.75. The minimum absolute atomic E-state index is 0.0349. The quantitative estimate of drug-likeness (QED) is 0.161. The van der Waals surface area contributed by atoms with E-state index in [4.69, 9.17) is 28.4 Å². The Labute approximate surface area is 316 Å². The third-order valence-electron chi connectivity index (χ3n) is 16.0.